The maximum atomic E-state index is 12.2. The molecule has 1 aromatic carbocycles. The number of ketones is 1. The van der Waals surface area contributed by atoms with E-state index in [9.17, 15) is 18.4 Å². The minimum Gasteiger partial charge on any atom is -0.478 e. The quantitative estimate of drug-likeness (QED) is 0.647. The second kappa shape index (κ2) is 7.00. The Hall–Kier alpha value is -1.95. The summed E-state index contributed by atoms with van der Waals surface area (Å²) in [6, 6.07) is 3.78. The molecule has 0 aromatic heterocycles. The zero-order valence-electron chi connectivity index (χ0n) is 10.3. The summed E-state index contributed by atoms with van der Waals surface area (Å²) in [5.74, 6) is -1.74. The molecule has 20 heavy (non-hydrogen) atoms. The van der Waals surface area contributed by atoms with E-state index in [1.165, 1.54) is 31.2 Å². The molecule has 1 N–H and O–H groups in total. The number of carboxylic acids is 1. The van der Waals surface area contributed by atoms with E-state index in [1.807, 2.05) is 0 Å². The molecule has 0 aliphatic heterocycles. The summed E-state index contributed by atoms with van der Waals surface area (Å²) in [7, 11) is 0. The fraction of sp³-hybridized carbons (Fsp3) is 0.231. The normalized spacial score (nSPS) is 12.7. The SMILES string of the molecule is CC(=O)C(Cl)c1cc(OC(F)F)ccc1C=CC(=O)O. The lowest BCUT2D eigenvalue weighted by Gasteiger charge is -2.13. The molecule has 7 heteroatoms. The van der Waals surface area contributed by atoms with Crippen molar-refractivity contribution in [3.05, 3.63) is 35.4 Å². The van der Waals surface area contributed by atoms with Crippen LogP contribution in [0.25, 0.3) is 6.08 Å². The van der Waals surface area contributed by atoms with Gasteiger partial charge in [-0.3, -0.25) is 4.79 Å². The number of carbonyl (C=O) groups is 2. The zero-order valence-corrected chi connectivity index (χ0v) is 11.1. The van der Waals surface area contributed by atoms with Gasteiger partial charge in [-0.25, -0.2) is 4.79 Å². The Morgan fingerprint density at radius 3 is 2.55 bits per heavy atom. The Morgan fingerprint density at radius 1 is 1.40 bits per heavy atom. The van der Waals surface area contributed by atoms with Crippen LogP contribution in [0.1, 0.15) is 23.4 Å². The van der Waals surface area contributed by atoms with E-state index in [0.29, 0.717) is 5.56 Å². The molecular formula is C13H11ClF2O4. The molecule has 1 aromatic rings. The standard InChI is InChI=1S/C13H11ClF2O4/c1-7(17)12(14)10-6-9(20-13(15)16)4-2-8(10)3-5-11(18)19/h2-6,12-13H,1H3,(H,18,19). The zero-order chi connectivity index (χ0) is 15.3. The minimum absolute atomic E-state index is 0.158. The number of carboxylic acid groups (broad SMARTS) is 1. The van der Waals surface area contributed by atoms with Crippen LogP contribution >= 0.6 is 11.6 Å². The van der Waals surface area contributed by atoms with Crippen molar-refractivity contribution in [1.29, 1.82) is 0 Å². The van der Waals surface area contributed by atoms with Gasteiger partial charge in [0.1, 0.15) is 11.1 Å². The number of aliphatic carboxylic acids is 1. The van der Waals surface area contributed by atoms with Crippen molar-refractivity contribution in [2.45, 2.75) is 18.9 Å². The second-order valence-corrected chi connectivity index (χ2v) is 4.25. The molecule has 0 amide bonds. The molecule has 0 aliphatic carbocycles. The van der Waals surface area contributed by atoms with Crippen molar-refractivity contribution >= 4 is 29.4 Å². The first-order valence-corrected chi connectivity index (χ1v) is 5.89. The Kier molecular flexibility index (Phi) is 5.64. The van der Waals surface area contributed by atoms with Crippen molar-refractivity contribution in [3.8, 4) is 5.75 Å². The Balaban J connectivity index is 3.22. The number of ether oxygens (including phenoxy) is 1. The molecule has 0 spiro atoms. The first kappa shape index (κ1) is 16.1. The summed E-state index contributed by atoms with van der Waals surface area (Å²) in [5.41, 5.74) is 0.541. The van der Waals surface area contributed by atoms with Crippen LogP contribution in [0.15, 0.2) is 24.3 Å². The van der Waals surface area contributed by atoms with Crippen molar-refractivity contribution in [3.63, 3.8) is 0 Å². The summed E-state index contributed by atoms with van der Waals surface area (Å²) in [4.78, 5) is 21.8. The minimum atomic E-state index is -3.01. The maximum absolute atomic E-state index is 12.2. The molecule has 0 radical (unpaired) electrons. The van der Waals surface area contributed by atoms with Crippen LogP contribution in [-0.2, 0) is 9.59 Å². The lowest BCUT2D eigenvalue weighted by atomic mass is 10.0. The first-order valence-electron chi connectivity index (χ1n) is 5.45. The number of Topliss-reactive ketones (excluding diaryl/α,β-unsaturated/α-hetero) is 1. The molecular weight excluding hydrogens is 294 g/mol. The summed E-state index contributed by atoms with van der Waals surface area (Å²) < 4.78 is 28.5. The van der Waals surface area contributed by atoms with Gasteiger partial charge in [0.2, 0.25) is 0 Å². The summed E-state index contributed by atoms with van der Waals surface area (Å²) in [6.07, 6.45) is 2.08. The Bertz CT molecular complexity index is 543. The highest BCUT2D eigenvalue weighted by Gasteiger charge is 2.18. The average Bonchev–Trinajstić information content (AvgIpc) is 2.35. The fourth-order valence-corrected chi connectivity index (χ4v) is 1.67. The smallest absolute Gasteiger partial charge is 0.387 e. The third-order valence-electron chi connectivity index (χ3n) is 2.32. The highest BCUT2D eigenvalue weighted by molar-refractivity contribution is 6.31. The Morgan fingerprint density at radius 2 is 2.05 bits per heavy atom. The number of hydrogen-bond acceptors (Lipinski definition) is 3. The molecule has 1 unspecified atom stereocenters. The molecule has 4 nitrogen and oxygen atoms in total. The predicted molar refractivity (Wildman–Crippen MR) is 69.0 cm³/mol. The fourth-order valence-electron chi connectivity index (χ4n) is 1.48. The predicted octanol–water partition coefficient (Wildman–Crippen LogP) is 3.25. The van der Waals surface area contributed by atoms with Crippen molar-refractivity contribution in [2.24, 2.45) is 0 Å². The van der Waals surface area contributed by atoms with Crippen molar-refractivity contribution in [1.82, 2.24) is 0 Å². The largest absolute Gasteiger partial charge is 0.478 e. The van der Waals surface area contributed by atoms with Crippen molar-refractivity contribution < 1.29 is 28.2 Å². The third kappa shape index (κ3) is 4.62. The Labute approximate surface area is 118 Å². The maximum Gasteiger partial charge on any atom is 0.387 e. The molecule has 1 rings (SSSR count). The molecule has 1 atom stereocenters. The number of alkyl halides is 3. The third-order valence-corrected chi connectivity index (χ3v) is 2.86. The summed E-state index contributed by atoms with van der Waals surface area (Å²) >= 11 is 5.90. The van der Waals surface area contributed by atoms with E-state index in [-0.39, 0.29) is 11.3 Å². The van der Waals surface area contributed by atoms with E-state index < -0.39 is 23.7 Å². The van der Waals surface area contributed by atoms with Crippen LogP contribution in [0, 0.1) is 0 Å². The van der Waals surface area contributed by atoms with E-state index in [2.05, 4.69) is 4.74 Å². The molecule has 0 heterocycles. The molecule has 108 valence electrons. The molecule has 0 saturated carbocycles. The number of rotatable bonds is 6. The van der Waals surface area contributed by atoms with Crippen LogP contribution in [0.5, 0.6) is 5.75 Å². The van der Waals surface area contributed by atoms with E-state index in [1.54, 1.807) is 0 Å². The van der Waals surface area contributed by atoms with Crippen LogP contribution < -0.4 is 4.74 Å². The van der Waals surface area contributed by atoms with E-state index >= 15 is 0 Å². The van der Waals surface area contributed by atoms with Gasteiger partial charge >= 0.3 is 12.6 Å². The van der Waals surface area contributed by atoms with Gasteiger partial charge in [-0.15, -0.1) is 11.6 Å². The van der Waals surface area contributed by atoms with E-state index in [0.717, 1.165) is 6.08 Å². The van der Waals surface area contributed by atoms with Gasteiger partial charge in [0.05, 0.1) is 0 Å². The van der Waals surface area contributed by atoms with E-state index in [4.69, 9.17) is 16.7 Å². The van der Waals surface area contributed by atoms with Gasteiger partial charge in [-0.2, -0.15) is 8.78 Å². The van der Waals surface area contributed by atoms with Gasteiger partial charge in [0, 0.05) is 6.08 Å². The van der Waals surface area contributed by atoms with Crippen LogP contribution in [0.3, 0.4) is 0 Å². The molecule has 0 saturated heterocycles. The van der Waals surface area contributed by atoms with Crippen LogP contribution in [-0.4, -0.2) is 23.5 Å². The number of carbonyl (C=O) groups excluding carboxylic acids is 1. The average molecular weight is 305 g/mol. The van der Waals surface area contributed by atoms with Crippen LogP contribution in [0.4, 0.5) is 8.78 Å². The molecule has 0 aliphatic rings. The molecule has 0 fully saturated rings. The van der Waals surface area contributed by atoms with Gasteiger partial charge in [0.15, 0.2) is 5.78 Å². The van der Waals surface area contributed by atoms with Gasteiger partial charge < -0.3 is 9.84 Å². The lowest BCUT2D eigenvalue weighted by Crippen LogP contribution is -2.06. The van der Waals surface area contributed by atoms with Crippen LogP contribution in [0.2, 0.25) is 0 Å². The summed E-state index contributed by atoms with van der Waals surface area (Å²) in [5, 5.41) is 7.50. The van der Waals surface area contributed by atoms with Gasteiger partial charge in [-0.1, -0.05) is 6.07 Å². The second-order valence-electron chi connectivity index (χ2n) is 3.81. The number of halogens is 3. The summed E-state index contributed by atoms with van der Waals surface area (Å²) in [6.45, 7) is -1.77. The number of benzene rings is 1. The monoisotopic (exact) mass is 304 g/mol. The van der Waals surface area contributed by atoms with Gasteiger partial charge in [-0.05, 0) is 36.3 Å². The highest BCUT2D eigenvalue weighted by Crippen LogP contribution is 2.30. The first-order chi connectivity index (χ1) is 9.31. The molecule has 0 bridgehead atoms. The lowest BCUT2D eigenvalue weighted by molar-refractivity contribution is -0.131. The highest BCUT2D eigenvalue weighted by atomic mass is 35.5. The topological polar surface area (TPSA) is 63.6 Å². The van der Waals surface area contributed by atoms with Gasteiger partial charge in [0.25, 0.3) is 0 Å². The van der Waals surface area contributed by atoms with Crippen molar-refractivity contribution in [2.75, 3.05) is 0 Å². The number of hydrogen-bond donors (Lipinski definition) is 1.